The molecule has 0 aliphatic rings. The molecule has 0 saturated carbocycles. The lowest BCUT2D eigenvalue weighted by molar-refractivity contribution is -0.141. The fraction of sp³-hybridized carbons (Fsp3) is 0.250. The quantitative estimate of drug-likeness (QED) is 0.377. The topological polar surface area (TPSA) is 78.1 Å². The molecule has 3 heterocycles. The van der Waals surface area contributed by atoms with Crippen molar-refractivity contribution in [1.82, 2.24) is 15.0 Å². The molecule has 24 heavy (non-hydrogen) atoms. The summed E-state index contributed by atoms with van der Waals surface area (Å²) in [5.41, 5.74) is 2.46. The van der Waals surface area contributed by atoms with Crippen molar-refractivity contribution in [2.45, 2.75) is 25.6 Å². The Morgan fingerprint density at radius 1 is 1.29 bits per heavy atom. The summed E-state index contributed by atoms with van der Waals surface area (Å²) in [6, 6.07) is 5.54. The van der Waals surface area contributed by atoms with E-state index in [1.807, 2.05) is 37.4 Å². The Morgan fingerprint density at radius 3 is 2.79 bits per heavy atom. The van der Waals surface area contributed by atoms with Gasteiger partial charge in [0.1, 0.15) is 6.61 Å². The van der Waals surface area contributed by atoms with Crippen molar-refractivity contribution in [3.63, 3.8) is 0 Å². The molecule has 0 radical (unpaired) electrons. The summed E-state index contributed by atoms with van der Waals surface area (Å²) in [4.78, 5) is 24.8. The molecule has 124 valence electrons. The maximum Gasteiger partial charge on any atom is 0.316 e. The first-order chi connectivity index (χ1) is 11.6. The van der Waals surface area contributed by atoms with E-state index in [-0.39, 0.29) is 18.3 Å². The summed E-state index contributed by atoms with van der Waals surface area (Å²) in [5.74, 6) is 0.549. The minimum atomic E-state index is -0.324. The second-order valence-corrected chi connectivity index (χ2v) is 6.80. The first kappa shape index (κ1) is 16.7. The van der Waals surface area contributed by atoms with E-state index in [2.05, 4.69) is 15.0 Å². The summed E-state index contributed by atoms with van der Waals surface area (Å²) >= 11 is 2.72. The van der Waals surface area contributed by atoms with Crippen molar-refractivity contribution >= 4 is 29.1 Å². The average molecular weight is 361 g/mol. The summed E-state index contributed by atoms with van der Waals surface area (Å²) in [6.45, 7) is 3.94. The number of carbonyl (C=O) groups is 1. The van der Waals surface area contributed by atoms with Gasteiger partial charge in [-0.15, -0.1) is 11.3 Å². The van der Waals surface area contributed by atoms with Crippen LogP contribution in [0.1, 0.15) is 17.1 Å². The molecule has 0 fully saturated rings. The zero-order valence-electron chi connectivity index (χ0n) is 13.2. The van der Waals surface area contributed by atoms with Gasteiger partial charge in [-0.2, -0.15) is 0 Å². The Kier molecular flexibility index (Phi) is 5.27. The maximum absolute atomic E-state index is 11.9. The zero-order chi connectivity index (χ0) is 16.9. The van der Waals surface area contributed by atoms with Crippen molar-refractivity contribution < 1.29 is 13.9 Å². The summed E-state index contributed by atoms with van der Waals surface area (Å²) < 4.78 is 10.5. The molecule has 0 aromatic carbocycles. The molecule has 0 saturated heterocycles. The van der Waals surface area contributed by atoms with Crippen LogP contribution in [0.4, 0.5) is 0 Å². The third kappa shape index (κ3) is 4.42. The molecular formula is C16H15N3O3S2. The Balaban J connectivity index is 1.49. The Bertz CT molecular complexity index is 811. The molecule has 8 heteroatoms. The van der Waals surface area contributed by atoms with Gasteiger partial charge in [-0.1, -0.05) is 11.8 Å². The number of thioether (sulfide) groups is 1. The number of rotatable bonds is 6. The summed E-state index contributed by atoms with van der Waals surface area (Å²) in [5, 5.41) is 3.20. The number of nitrogens with zero attached hydrogens (tertiary/aromatic N) is 3. The van der Waals surface area contributed by atoms with E-state index in [0.717, 1.165) is 16.4 Å². The van der Waals surface area contributed by atoms with Crippen molar-refractivity contribution in [3.8, 4) is 10.8 Å². The van der Waals surface area contributed by atoms with Crippen LogP contribution in [0.3, 0.4) is 0 Å². The highest BCUT2D eigenvalue weighted by molar-refractivity contribution is 7.99. The van der Waals surface area contributed by atoms with E-state index in [1.54, 1.807) is 6.26 Å². The minimum absolute atomic E-state index is 0.143. The lowest BCUT2D eigenvalue weighted by Crippen LogP contribution is -2.08. The van der Waals surface area contributed by atoms with Gasteiger partial charge in [-0.3, -0.25) is 4.79 Å². The highest BCUT2D eigenvalue weighted by Crippen LogP contribution is 2.24. The predicted molar refractivity (Wildman–Crippen MR) is 91.8 cm³/mol. The van der Waals surface area contributed by atoms with Crippen LogP contribution in [-0.2, 0) is 16.1 Å². The number of esters is 1. The molecule has 0 spiro atoms. The summed E-state index contributed by atoms with van der Waals surface area (Å²) in [7, 11) is 0. The molecule has 3 aromatic heterocycles. The zero-order valence-corrected chi connectivity index (χ0v) is 14.8. The SMILES string of the molecule is Cc1cc(C)nc(SCC(=O)OCc2csc(-c3ccco3)n2)n1. The second-order valence-electron chi connectivity index (χ2n) is 5.00. The smallest absolute Gasteiger partial charge is 0.316 e. The van der Waals surface area contributed by atoms with Crippen LogP contribution in [0, 0.1) is 13.8 Å². The lowest BCUT2D eigenvalue weighted by Gasteiger charge is -2.04. The van der Waals surface area contributed by atoms with Crippen LogP contribution in [0.15, 0.2) is 39.4 Å². The molecule has 0 atom stereocenters. The summed E-state index contributed by atoms with van der Waals surface area (Å²) in [6.07, 6.45) is 1.60. The standard InChI is InChI=1S/C16H15N3O3S2/c1-10-6-11(2)18-16(17-10)24-9-14(20)22-7-12-8-23-15(19-12)13-4-3-5-21-13/h3-6,8H,7,9H2,1-2H3. The van der Waals surface area contributed by atoms with Gasteiger partial charge < -0.3 is 9.15 Å². The lowest BCUT2D eigenvalue weighted by atomic mass is 10.4. The number of furan rings is 1. The average Bonchev–Trinajstić information content (AvgIpc) is 3.20. The Hall–Kier alpha value is -2.19. The molecule has 0 aliphatic carbocycles. The highest BCUT2D eigenvalue weighted by Gasteiger charge is 2.11. The molecule has 0 aliphatic heterocycles. The van der Waals surface area contributed by atoms with E-state index in [4.69, 9.17) is 9.15 Å². The molecule has 3 aromatic rings. The minimum Gasteiger partial charge on any atom is -0.462 e. The molecule has 0 unspecified atom stereocenters. The van der Waals surface area contributed by atoms with Gasteiger partial charge in [-0.05, 0) is 32.0 Å². The van der Waals surface area contributed by atoms with Gasteiger partial charge in [-0.25, -0.2) is 15.0 Å². The van der Waals surface area contributed by atoms with Crippen LogP contribution in [0.25, 0.3) is 10.8 Å². The number of thiazole rings is 1. The third-order valence-electron chi connectivity index (χ3n) is 2.95. The predicted octanol–water partition coefficient (Wildman–Crippen LogP) is 3.65. The first-order valence-corrected chi connectivity index (χ1v) is 9.05. The van der Waals surface area contributed by atoms with Crippen LogP contribution >= 0.6 is 23.1 Å². The van der Waals surface area contributed by atoms with E-state index in [1.165, 1.54) is 23.1 Å². The van der Waals surface area contributed by atoms with Crippen LogP contribution in [0.5, 0.6) is 0 Å². The Morgan fingerprint density at radius 2 is 2.08 bits per heavy atom. The molecule has 0 amide bonds. The molecule has 0 N–H and O–H groups in total. The van der Waals surface area contributed by atoms with E-state index >= 15 is 0 Å². The number of carbonyl (C=O) groups excluding carboxylic acids is 1. The van der Waals surface area contributed by atoms with Gasteiger partial charge in [0, 0.05) is 16.8 Å². The van der Waals surface area contributed by atoms with Gasteiger partial charge in [0.15, 0.2) is 15.9 Å². The fourth-order valence-electron chi connectivity index (χ4n) is 1.96. The number of hydrogen-bond acceptors (Lipinski definition) is 8. The van der Waals surface area contributed by atoms with Crippen molar-refractivity contribution in [1.29, 1.82) is 0 Å². The normalized spacial score (nSPS) is 10.8. The highest BCUT2D eigenvalue weighted by atomic mass is 32.2. The second kappa shape index (κ2) is 7.59. The van der Waals surface area contributed by atoms with E-state index < -0.39 is 0 Å². The molecule has 6 nitrogen and oxygen atoms in total. The molecular weight excluding hydrogens is 346 g/mol. The first-order valence-electron chi connectivity index (χ1n) is 7.19. The van der Waals surface area contributed by atoms with Crippen LogP contribution in [-0.4, -0.2) is 26.7 Å². The van der Waals surface area contributed by atoms with Gasteiger partial charge in [0.25, 0.3) is 0 Å². The maximum atomic E-state index is 11.9. The Labute approximate surface area is 147 Å². The number of aryl methyl sites for hydroxylation is 2. The monoisotopic (exact) mass is 361 g/mol. The number of aromatic nitrogens is 3. The van der Waals surface area contributed by atoms with Crippen molar-refractivity contribution in [3.05, 3.63) is 46.9 Å². The largest absolute Gasteiger partial charge is 0.462 e. The van der Waals surface area contributed by atoms with E-state index in [9.17, 15) is 4.79 Å². The van der Waals surface area contributed by atoms with Crippen LogP contribution < -0.4 is 0 Å². The van der Waals surface area contributed by atoms with Crippen molar-refractivity contribution in [2.24, 2.45) is 0 Å². The molecule has 0 bridgehead atoms. The van der Waals surface area contributed by atoms with Gasteiger partial charge in [0.2, 0.25) is 0 Å². The molecule has 3 rings (SSSR count). The third-order valence-corrected chi connectivity index (χ3v) is 4.67. The van der Waals surface area contributed by atoms with Crippen LogP contribution in [0.2, 0.25) is 0 Å². The fourth-order valence-corrected chi connectivity index (χ4v) is 3.48. The van der Waals surface area contributed by atoms with E-state index in [0.29, 0.717) is 16.6 Å². The number of hydrogen-bond donors (Lipinski definition) is 0. The van der Waals surface area contributed by atoms with Gasteiger partial charge in [0.05, 0.1) is 17.7 Å². The van der Waals surface area contributed by atoms with Crippen molar-refractivity contribution in [2.75, 3.05) is 5.75 Å². The number of ether oxygens (including phenoxy) is 1. The van der Waals surface area contributed by atoms with Gasteiger partial charge >= 0.3 is 5.97 Å².